The number of aromatic carboxylic acids is 1. The highest BCUT2D eigenvalue weighted by Crippen LogP contribution is 2.32. The molecule has 0 aliphatic rings. The molecular weight excluding hydrogens is 317 g/mol. The number of nitrogens with one attached hydrogen (secondary N) is 1. The Kier molecular flexibility index (Phi) is 4.62. The number of benzene rings is 1. The third-order valence-electron chi connectivity index (χ3n) is 2.44. The van der Waals surface area contributed by atoms with Crippen LogP contribution in [0.4, 0.5) is 5.82 Å². The number of hydrogen-bond donors (Lipinski definition) is 3. The van der Waals surface area contributed by atoms with Gasteiger partial charge in [-0.1, -0.05) is 23.2 Å². The van der Waals surface area contributed by atoms with Gasteiger partial charge in [-0.3, -0.25) is 5.43 Å². The van der Waals surface area contributed by atoms with E-state index in [1.807, 2.05) is 0 Å². The zero-order chi connectivity index (χ0) is 15.4. The Hall–Kier alpha value is -2.31. The van der Waals surface area contributed by atoms with Gasteiger partial charge in [0.2, 0.25) is 0 Å². The van der Waals surface area contributed by atoms with Gasteiger partial charge in [0.15, 0.2) is 5.75 Å². The van der Waals surface area contributed by atoms with Crippen molar-refractivity contribution in [2.24, 2.45) is 5.10 Å². The molecule has 8 heteroatoms. The van der Waals surface area contributed by atoms with Crippen LogP contribution in [0.5, 0.6) is 5.75 Å². The average Bonchev–Trinajstić information content (AvgIpc) is 2.45. The van der Waals surface area contributed by atoms with Gasteiger partial charge in [-0.05, 0) is 29.8 Å². The van der Waals surface area contributed by atoms with Crippen molar-refractivity contribution in [3.8, 4) is 5.75 Å². The van der Waals surface area contributed by atoms with E-state index in [1.54, 1.807) is 0 Å². The van der Waals surface area contributed by atoms with Crippen molar-refractivity contribution in [3.05, 3.63) is 51.6 Å². The van der Waals surface area contributed by atoms with Crippen LogP contribution in [-0.4, -0.2) is 27.4 Å². The van der Waals surface area contributed by atoms with Gasteiger partial charge >= 0.3 is 5.97 Å². The number of carbonyl (C=O) groups is 1. The number of carboxylic acid groups (broad SMARTS) is 1. The second kappa shape index (κ2) is 6.43. The molecule has 0 unspecified atom stereocenters. The maximum atomic E-state index is 10.7. The summed E-state index contributed by atoms with van der Waals surface area (Å²) in [6, 6.07) is 5.88. The first-order valence-electron chi connectivity index (χ1n) is 5.64. The highest BCUT2D eigenvalue weighted by molar-refractivity contribution is 6.37. The number of anilines is 1. The molecule has 0 bridgehead atoms. The molecule has 3 N–H and O–H groups in total. The predicted molar refractivity (Wildman–Crippen MR) is 80.5 cm³/mol. The molecule has 6 nitrogen and oxygen atoms in total. The molecule has 108 valence electrons. The molecule has 0 spiro atoms. The van der Waals surface area contributed by atoms with E-state index >= 15 is 0 Å². The minimum absolute atomic E-state index is 0.0848. The number of hydrazone groups is 1. The lowest BCUT2D eigenvalue weighted by molar-refractivity contribution is 0.0696. The highest BCUT2D eigenvalue weighted by Gasteiger charge is 2.05. The lowest BCUT2D eigenvalue weighted by Crippen LogP contribution is -1.99. The van der Waals surface area contributed by atoms with Crippen molar-refractivity contribution < 1.29 is 15.0 Å². The minimum Gasteiger partial charge on any atom is -0.505 e. The van der Waals surface area contributed by atoms with E-state index in [-0.39, 0.29) is 21.4 Å². The van der Waals surface area contributed by atoms with Gasteiger partial charge < -0.3 is 10.2 Å². The third kappa shape index (κ3) is 3.84. The molecule has 0 saturated heterocycles. The number of aromatic nitrogens is 1. The zero-order valence-electron chi connectivity index (χ0n) is 10.4. The van der Waals surface area contributed by atoms with E-state index < -0.39 is 5.97 Å². The lowest BCUT2D eigenvalue weighted by Gasteiger charge is -2.02. The standard InChI is InChI=1S/C13H9Cl2N3O3/c14-9-3-7(4-10(15)12(9)19)5-17-18-11-2-1-8(6-16-11)13(20)21/h1-6,19H,(H,16,18)(H,20,21)/b17-5+. The number of hydrogen-bond acceptors (Lipinski definition) is 5. The fourth-order valence-corrected chi connectivity index (χ4v) is 1.92. The summed E-state index contributed by atoms with van der Waals surface area (Å²) in [6.45, 7) is 0. The monoisotopic (exact) mass is 325 g/mol. The highest BCUT2D eigenvalue weighted by atomic mass is 35.5. The van der Waals surface area contributed by atoms with E-state index in [1.165, 1.54) is 36.7 Å². The van der Waals surface area contributed by atoms with Crippen LogP contribution in [0.1, 0.15) is 15.9 Å². The van der Waals surface area contributed by atoms with Crippen LogP contribution in [-0.2, 0) is 0 Å². The number of aromatic hydroxyl groups is 1. The molecule has 0 radical (unpaired) electrons. The summed E-state index contributed by atoms with van der Waals surface area (Å²) in [4.78, 5) is 14.5. The Labute approximate surface area is 129 Å². The van der Waals surface area contributed by atoms with Crippen LogP contribution >= 0.6 is 23.2 Å². The third-order valence-corrected chi connectivity index (χ3v) is 3.02. The van der Waals surface area contributed by atoms with Gasteiger partial charge in [0.05, 0.1) is 21.8 Å². The van der Waals surface area contributed by atoms with E-state index in [0.717, 1.165) is 0 Å². The number of phenols is 1. The summed E-state index contributed by atoms with van der Waals surface area (Å²) in [5.41, 5.74) is 3.30. The van der Waals surface area contributed by atoms with Gasteiger partial charge in [0.1, 0.15) is 5.82 Å². The van der Waals surface area contributed by atoms with Crippen LogP contribution < -0.4 is 5.43 Å². The number of phenolic OH excluding ortho intramolecular Hbond substituents is 1. The van der Waals surface area contributed by atoms with Gasteiger partial charge in [0, 0.05) is 6.20 Å². The van der Waals surface area contributed by atoms with Crippen molar-refractivity contribution in [3.63, 3.8) is 0 Å². The Bertz CT molecular complexity index is 679. The van der Waals surface area contributed by atoms with Crippen molar-refractivity contribution >= 4 is 41.2 Å². The van der Waals surface area contributed by atoms with Gasteiger partial charge in [-0.2, -0.15) is 5.10 Å². The molecule has 0 saturated carbocycles. The molecular formula is C13H9Cl2N3O3. The molecule has 0 aliphatic carbocycles. The van der Waals surface area contributed by atoms with Gasteiger partial charge in [-0.15, -0.1) is 0 Å². The minimum atomic E-state index is -1.05. The molecule has 2 rings (SSSR count). The maximum absolute atomic E-state index is 10.7. The van der Waals surface area contributed by atoms with E-state index in [0.29, 0.717) is 11.4 Å². The predicted octanol–water partition coefficient (Wildman–Crippen LogP) is 3.24. The van der Waals surface area contributed by atoms with Crippen molar-refractivity contribution in [1.82, 2.24) is 4.98 Å². The lowest BCUT2D eigenvalue weighted by atomic mass is 10.2. The Morgan fingerprint density at radius 1 is 1.29 bits per heavy atom. The SMILES string of the molecule is O=C(O)c1ccc(N/N=C/c2cc(Cl)c(O)c(Cl)c2)nc1. The normalized spacial score (nSPS) is 10.8. The van der Waals surface area contributed by atoms with Crippen molar-refractivity contribution in [2.45, 2.75) is 0 Å². The maximum Gasteiger partial charge on any atom is 0.337 e. The topological polar surface area (TPSA) is 94.8 Å². The summed E-state index contributed by atoms with van der Waals surface area (Å²) in [5, 5.41) is 22.3. The molecule has 1 heterocycles. The second-order valence-electron chi connectivity index (χ2n) is 3.94. The number of rotatable bonds is 4. The number of pyridine rings is 1. The molecule has 0 aliphatic heterocycles. The number of nitrogens with zero attached hydrogens (tertiary/aromatic N) is 2. The fraction of sp³-hybridized carbons (Fsp3) is 0. The molecule has 1 aromatic heterocycles. The fourth-order valence-electron chi connectivity index (χ4n) is 1.42. The molecule has 21 heavy (non-hydrogen) atoms. The van der Waals surface area contributed by atoms with Crippen molar-refractivity contribution in [2.75, 3.05) is 5.43 Å². The summed E-state index contributed by atoms with van der Waals surface area (Å²) in [7, 11) is 0. The summed E-state index contributed by atoms with van der Waals surface area (Å²) in [6.07, 6.45) is 2.65. The molecule has 0 amide bonds. The molecule has 1 aromatic carbocycles. The van der Waals surface area contributed by atoms with E-state index in [2.05, 4.69) is 15.5 Å². The van der Waals surface area contributed by atoms with Gasteiger partial charge in [0.25, 0.3) is 0 Å². The first kappa shape index (κ1) is 15.1. The Morgan fingerprint density at radius 2 is 1.95 bits per heavy atom. The van der Waals surface area contributed by atoms with Crippen molar-refractivity contribution in [1.29, 1.82) is 0 Å². The molecule has 0 fully saturated rings. The first-order valence-corrected chi connectivity index (χ1v) is 6.39. The van der Waals surface area contributed by atoms with E-state index in [4.69, 9.17) is 28.3 Å². The van der Waals surface area contributed by atoms with Crippen LogP contribution in [0.3, 0.4) is 0 Å². The first-order chi connectivity index (χ1) is 9.97. The van der Waals surface area contributed by atoms with Gasteiger partial charge in [-0.25, -0.2) is 9.78 Å². The van der Waals surface area contributed by atoms with Crippen LogP contribution in [0.25, 0.3) is 0 Å². The second-order valence-corrected chi connectivity index (χ2v) is 4.75. The van der Waals surface area contributed by atoms with Crippen LogP contribution in [0.2, 0.25) is 10.0 Å². The zero-order valence-corrected chi connectivity index (χ0v) is 11.9. The summed E-state index contributed by atoms with van der Waals surface area (Å²) in [5.74, 6) is -0.854. The number of halogens is 2. The summed E-state index contributed by atoms with van der Waals surface area (Å²) >= 11 is 11.6. The van der Waals surface area contributed by atoms with Crippen LogP contribution in [0, 0.1) is 0 Å². The number of carboxylic acids is 1. The van der Waals surface area contributed by atoms with E-state index in [9.17, 15) is 9.90 Å². The molecule has 2 aromatic rings. The molecule has 0 atom stereocenters. The quantitative estimate of drug-likeness (QED) is 0.592. The smallest absolute Gasteiger partial charge is 0.337 e. The Morgan fingerprint density at radius 3 is 2.48 bits per heavy atom. The Balaban J connectivity index is 2.07. The summed E-state index contributed by atoms with van der Waals surface area (Å²) < 4.78 is 0. The average molecular weight is 326 g/mol. The van der Waals surface area contributed by atoms with Crippen LogP contribution in [0.15, 0.2) is 35.6 Å². The largest absolute Gasteiger partial charge is 0.505 e.